The smallest absolute Gasteiger partial charge is 0.243 e. The van der Waals surface area contributed by atoms with Crippen LogP contribution in [-0.2, 0) is 16.4 Å². The minimum Gasteiger partial charge on any atom is -0.390 e. The van der Waals surface area contributed by atoms with Crippen LogP contribution in [0.15, 0.2) is 64.9 Å². The van der Waals surface area contributed by atoms with Crippen LogP contribution in [0, 0.1) is 5.92 Å². The average molecular weight is 489 g/mol. The van der Waals surface area contributed by atoms with E-state index >= 15 is 0 Å². The largest absolute Gasteiger partial charge is 0.390 e. The average Bonchev–Trinajstić information content (AvgIpc) is 3.28. The van der Waals surface area contributed by atoms with Crippen molar-refractivity contribution in [1.29, 1.82) is 0 Å². The van der Waals surface area contributed by atoms with Crippen LogP contribution in [-0.4, -0.2) is 55.1 Å². The topological polar surface area (TPSA) is 109 Å². The van der Waals surface area contributed by atoms with E-state index in [1.54, 1.807) is 24.3 Å². The van der Waals surface area contributed by atoms with E-state index in [9.17, 15) is 13.5 Å². The fourth-order valence-electron chi connectivity index (χ4n) is 3.51. The normalized spacial score (nSPS) is 13.9. The highest BCUT2D eigenvalue weighted by molar-refractivity contribution is 7.89. The summed E-state index contributed by atoms with van der Waals surface area (Å²) in [6.45, 7) is 4.12. The van der Waals surface area contributed by atoms with E-state index in [0.717, 1.165) is 22.0 Å². The molecule has 0 fully saturated rings. The molecule has 0 spiro atoms. The Morgan fingerprint density at radius 2 is 1.76 bits per heavy atom. The Kier molecular flexibility index (Phi) is 8.61. The van der Waals surface area contributed by atoms with Crippen LogP contribution in [0.3, 0.4) is 0 Å². The molecule has 2 atom stereocenters. The van der Waals surface area contributed by atoms with Crippen LogP contribution in [0.2, 0.25) is 0 Å². The molecule has 2 aromatic carbocycles. The number of aromatic nitrogens is 1. The van der Waals surface area contributed by atoms with Crippen molar-refractivity contribution in [2.45, 2.75) is 37.3 Å². The van der Waals surface area contributed by atoms with Crippen molar-refractivity contribution < 1.29 is 13.5 Å². The number of sulfonamides is 1. The molecule has 0 bridgehead atoms. The van der Waals surface area contributed by atoms with Gasteiger partial charge in [-0.1, -0.05) is 56.3 Å². The Bertz CT molecular complexity index is 1120. The van der Waals surface area contributed by atoms with Crippen molar-refractivity contribution >= 4 is 26.5 Å². The van der Waals surface area contributed by atoms with E-state index < -0.39 is 22.2 Å². The Labute approximate surface area is 200 Å². The highest BCUT2D eigenvalue weighted by Gasteiger charge is 2.29. The summed E-state index contributed by atoms with van der Waals surface area (Å²) in [7, 11) is -2.00. The summed E-state index contributed by atoms with van der Waals surface area (Å²) >= 11 is 1.49. The van der Waals surface area contributed by atoms with Crippen molar-refractivity contribution in [3.63, 3.8) is 0 Å². The van der Waals surface area contributed by atoms with Crippen LogP contribution in [0.5, 0.6) is 0 Å². The van der Waals surface area contributed by atoms with Gasteiger partial charge in [-0.15, -0.1) is 11.3 Å². The molecule has 1 heterocycles. The number of aliphatic hydroxyl groups is 1. The Morgan fingerprint density at radius 1 is 1.09 bits per heavy atom. The van der Waals surface area contributed by atoms with Gasteiger partial charge in [-0.2, -0.15) is 4.31 Å². The highest BCUT2D eigenvalue weighted by atomic mass is 32.2. The first-order valence-electron chi connectivity index (χ1n) is 10.9. The lowest BCUT2D eigenvalue weighted by atomic mass is 10.0. The van der Waals surface area contributed by atoms with E-state index in [-0.39, 0.29) is 23.9 Å². The summed E-state index contributed by atoms with van der Waals surface area (Å²) < 4.78 is 28.2. The molecule has 0 amide bonds. The lowest BCUT2D eigenvalue weighted by molar-refractivity contribution is 0.116. The molecule has 0 aliphatic rings. The second kappa shape index (κ2) is 11.2. The zero-order valence-corrected chi connectivity index (χ0v) is 20.8. The monoisotopic (exact) mass is 488 g/mol. The zero-order valence-electron chi connectivity index (χ0n) is 19.2. The quantitative estimate of drug-likeness (QED) is 0.382. The second-order valence-corrected chi connectivity index (χ2v) is 11.2. The maximum absolute atomic E-state index is 13.4. The van der Waals surface area contributed by atoms with E-state index in [1.807, 2.05) is 56.6 Å². The maximum atomic E-state index is 13.4. The number of anilines is 1. The molecule has 9 heteroatoms. The van der Waals surface area contributed by atoms with E-state index in [2.05, 4.69) is 10.3 Å². The Morgan fingerprint density at radius 3 is 2.33 bits per heavy atom. The van der Waals surface area contributed by atoms with Crippen molar-refractivity contribution in [2.75, 3.05) is 25.5 Å². The minimum absolute atomic E-state index is 0.0616. The van der Waals surface area contributed by atoms with Crippen LogP contribution in [0.25, 0.3) is 11.3 Å². The molecule has 3 rings (SSSR count). The molecule has 1 aromatic heterocycles. The molecule has 33 heavy (non-hydrogen) atoms. The summed E-state index contributed by atoms with van der Waals surface area (Å²) in [5, 5.41) is 16.5. The lowest BCUT2D eigenvalue weighted by Crippen LogP contribution is -2.47. The van der Waals surface area contributed by atoms with Crippen LogP contribution in [0.4, 0.5) is 5.13 Å². The molecular formula is C24H32N4O3S2. The second-order valence-electron chi connectivity index (χ2n) is 8.45. The number of hydrogen-bond donors (Lipinski definition) is 3. The third-order valence-electron chi connectivity index (χ3n) is 5.27. The fraction of sp³-hybridized carbons (Fsp3) is 0.375. The van der Waals surface area contributed by atoms with Crippen LogP contribution in [0.1, 0.15) is 19.4 Å². The van der Waals surface area contributed by atoms with Gasteiger partial charge in [-0.3, -0.25) is 0 Å². The lowest BCUT2D eigenvalue weighted by Gasteiger charge is -2.28. The van der Waals surface area contributed by atoms with Crippen molar-refractivity contribution in [1.82, 2.24) is 9.29 Å². The first-order valence-corrected chi connectivity index (χ1v) is 13.2. The summed E-state index contributed by atoms with van der Waals surface area (Å²) in [6.07, 6.45) is -0.526. The van der Waals surface area contributed by atoms with Crippen LogP contribution >= 0.6 is 11.3 Å². The summed E-state index contributed by atoms with van der Waals surface area (Å²) in [5.41, 5.74) is 8.85. The van der Waals surface area contributed by atoms with Crippen molar-refractivity contribution in [3.05, 3.63) is 65.5 Å². The standard InChI is InChI=1S/C24H32N4O3S2/c1-17(2)14-28(15-23(29)21(25)13-18-7-5-4-6-8-18)33(30,31)20-11-9-19(10-12-20)22-16-32-24(26-3)27-22/h4-12,16-17,21,23,29H,13-15,25H2,1-3H3,(H,26,27)/t21-,23?/m0/s1. The van der Waals surface area contributed by atoms with E-state index in [4.69, 9.17) is 5.73 Å². The highest BCUT2D eigenvalue weighted by Crippen LogP contribution is 2.27. The molecule has 3 aromatic rings. The summed E-state index contributed by atoms with van der Waals surface area (Å²) in [6, 6.07) is 15.8. The third-order valence-corrected chi connectivity index (χ3v) is 7.98. The van der Waals surface area contributed by atoms with Crippen molar-refractivity contribution in [2.24, 2.45) is 11.7 Å². The predicted molar refractivity (Wildman–Crippen MR) is 135 cm³/mol. The van der Waals surface area contributed by atoms with Gasteiger partial charge >= 0.3 is 0 Å². The van der Waals surface area contributed by atoms with Gasteiger partial charge in [0.25, 0.3) is 0 Å². The molecule has 0 saturated carbocycles. The maximum Gasteiger partial charge on any atom is 0.243 e. The van der Waals surface area contributed by atoms with Gasteiger partial charge in [-0.05, 0) is 30.0 Å². The van der Waals surface area contributed by atoms with Gasteiger partial charge in [0.15, 0.2) is 5.13 Å². The number of nitrogens with one attached hydrogen (secondary N) is 1. The first-order chi connectivity index (χ1) is 15.7. The molecular weight excluding hydrogens is 456 g/mol. The van der Waals surface area contributed by atoms with Crippen LogP contribution < -0.4 is 11.1 Å². The van der Waals surface area contributed by atoms with E-state index in [1.165, 1.54) is 15.6 Å². The SMILES string of the molecule is CNc1nc(-c2ccc(S(=O)(=O)N(CC(C)C)CC(O)[C@@H](N)Cc3ccccc3)cc2)cs1. The summed E-state index contributed by atoms with van der Waals surface area (Å²) in [5.74, 6) is 0.0894. The van der Waals surface area contributed by atoms with Gasteiger partial charge < -0.3 is 16.2 Å². The predicted octanol–water partition coefficient (Wildman–Crippen LogP) is 3.43. The van der Waals surface area contributed by atoms with Gasteiger partial charge in [-0.25, -0.2) is 13.4 Å². The number of benzene rings is 2. The molecule has 0 saturated heterocycles. The van der Waals surface area contributed by atoms with Gasteiger partial charge in [0, 0.05) is 37.1 Å². The van der Waals surface area contributed by atoms with Gasteiger partial charge in [0.05, 0.1) is 16.7 Å². The number of aliphatic hydroxyl groups excluding tert-OH is 1. The molecule has 1 unspecified atom stereocenters. The first kappa shape index (κ1) is 25.3. The van der Waals surface area contributed by atoms with Gasteiger partial charge in [0.1, 0.15) is 0 Å². The number of thiazole rings is 1. The molecule has 0 aliphatic heterocycles. The molecule has 0 radical (unpaired) electrons. The summed E-state index contributed by atoms with van der Waals surface area (Å²) in [4.78, 5) is 4.64. The zero-order chi connectivity index (χ0) is 24.0. The number of nitrogens with two attached hydrogens (primary N) is 1. The van der Waals surface area contributed by atoms with Gasteiger partial charge in [0.2, 0.25) is 10.0 Å². The third kappa shape index (κ3) is 6.61. The Hall–Kier alpha value is -2.30. The minimum atomic E-state index is -3.81. The number of rotatable bonds is 11. The number of nitrogens with zero attached hydrogens (tertiary/aromatic N) is 2. The fourth-order valence-corrected chi connectivity index (χ4v) is 5.81. The molecule has 7 nitrogen and oxygen atoms in total. The molecule has 0 aliphatic carbocycles. The van der Waals surface area contributed by atoms with E-state index in [0.29, 0.717) is 6.42 Å². The molecule has 178 valence electrons. The number of hydrogen-bond acceptors (Lipinski definition) is 7. The molecule has 4 N–H and O–H groups in total. The van der Waals surface area contributed by atoms with Crippen molar-refractivity contribution in [3.8, 4) is 11.3 Å². The Balaban J connectivity index is 1.77.